The van der Waals surface area contributed by atoms with Crippen LogP contribution in [0.3, 0.4) is 0 Å². The molecule has 0 radical (unpaired) electrons. The van der Waals surface area contributed by atoms with Gasteiger partial charge >= 0.3 is 0 Å². The van der Waals surface area contributed by atoms with Gasteiger partial charge in [-0.05, 0) is 47.6 Å². The molecule has 0 aliphatic heterocycles. The Morgan fingerprint density at radius 3 is 1.75 bits per heavy atom. The van der Waals surface area contributed by atoms with E-state index >= 15 is 0 Å². The van der Waals surface area contributed by atoms with Crippen molar-refractivity contribution in [3.63, 3.8) is 0 Å². The van der Waals surface area contributed by atoms with E-state index in [1.165, 1.54) is 17.5 Å². The lowest BCUT2D eigenvalue weighted by atomic mass is 9.58. The van der Waals surface area contributed by atoms with E-state index in [1.54, 1.807) is 0 Å². The topological polar surface area (TPSA) is 20.2 Å². The van der Waals surface area contributed by atoms with E-state index < -0.39 is 5.60 Å². The minimum atomic E-state index is -0.557. The van der Waals surface area contributed by atoms with Gasteiger partial charge in [0.15, 0.2) is 0 Å². The van der Waals surface area contributed by atoms with Crippen LogP contribution in [0.5, 0.6) is 0 Å². The van der Waals surface area contributed by atoms with Crippen molar-refractivity contribution in [2.45, 2.75) is 72.3 Å². The molecule has 1 aromatic rings. The highest BCUT2D eigenvalue weighted by molar-refractivity contribution is 5.24. The molecular formula is C19H30O. The van der Waals surface area contributed by atoms with Gasteiger partial charge < -0.3 is 5.11 Å². The van der Waals surface area contributed by atoms with E-state index in [4.69, 9.17) is 0 Å². The maximum atomic E-state index is 11.1. The maximum absolute atomic E-state index is 11.1. The zero-order chi connectivity index (χ0) is 15.0. The number of benzene rings is 1. The average Bonchev–Trinajstić information content (AvgIpc) is 2.24. The van der Waals surface area contributed by atoms with Gasteiger partial charge in [-0.1, -0.05) is 58.9 Å². The fourth-order valence-corrected chi connectivity index (χ4v) is 4.66. The molecule has 112 valence electrons. The molecule has 1 saturated carbocycles. The molecule has 0 amide bonds. The quantitative estimate of drug-likeness (QED) is 0.842. The summed E-state index contributed by atoms with van der Waals surface area (Å²) in [5.41, 5.74) is 2.52. The van der Waals surface area contributed by atoms with Gasteiger partial charge in [0.1, 0.15) is 0 Å². The third-order valence-electron chi connectivity index (χ3n) is 4.54. The summed E-state index contributed by atoms with van der Waals surface area (Å²) < 4.78 is 0. The second-order valence-electron chi connectivity index (χ2n) is 8.43. The number of hydrogen-bond donors (Lipinski definition) is 1. The predicted octanol–water partition coefficient (Wildman–Crippen LogP) is 4.76. The van der Waals surface area contributed by atoms with E-state index in [0.29, 0.717) is 0 Å². The van der Waals surface area contributed by atoms with Gasteiger partial charge in [-0.2, -0.15) is 0 Å². The van der Waals surface area contributed by atoms with E-state index in [1.807, 2.05) is 0 Å². The summed E-state index contributed by atoms with van der Waals surface area (Å²) in [7, 11) is 0. The molecule has 1 heteroatoms. The number of rotatable bonds is 3. The van der Waals surface area contributed by atoms with Crippen molar-refractivity contribution in [2.75, 3.05) is 0 Å². The molecule has 1 aromatic carbocycles. The lowest BCUT2D eigenvalue weighted by Crippen LogP contribution is -2.47. The van der Waals surface area contributed by atoms with Crippen LogP contribution in [0.1, 0.15) is 65.0 Å². The molecule has 20 heavy (non-hydrogen) atoms. The fraction of sp³-hybridized carbons (Fsp3) is 0.684. The first-order valence-electron chi connectivity index (χ1n) is 7.93. The second-order valence-corrected chi connectivity index (χ2v) is 8.43. The third-order valence-corrected chi connectivity index (χ3v) is 4.54. The smallest absolute Gasteiger partial charge is 0.0698 e. The summed E-state index contributed by atoms with van der Waals surface area (Å²) in [5.74, 6) is 0. The van der Waals surface area contributed by atoms with Crippen molar-refractivity contribution in [3.8, 4) is 0 Å². The summed E-state index contributed by atoms with van der Waals surface area (Å²) in [6.45, 7) is 11.3. The highest BCUT2D eigenvalue weighted by Crippen LogP contribution is 2.50. The molecule has 0 aromatic heterocycles. The van der Waals surface area contributed by atoms with Crippen LogP contribution in [-0.4, -0.2) is 10.7 Å². The Balaban J connectivity index is 2.17. The second kappa shape index (κ2) is 5.18. The van der Waals surface area contributed by atoms with Crippen molar-refractivity contribution in [2.24, 2.45) is 10.8 Å². The maximum Gasteiger partial charge on any atom is 0.0698 e. The van der Waals surface area contributed by atoms with Gasteiger partial charge in [0.2, 0.25) is 0 Å². The van der Waals surface area contributed by atoms with E-state index in [9.17, 15) is 5.11 Å². The molecule has 0 atom stereocenters. The zero-order valence-corrected chi connectivity index (χ0v) is 13.8. The van der Waals surface area contributed by atoms with E-state index in [0.717, 1.165) is 25.7 Å². The minimum absolute atomic E-state index is 0.222. The molecule has 1 nitrogen and oxygen atoms in total. The first-order valence-corrected chi connectivity index (χ1v) is 7.93. The molecule has 0 saturated heterocycles. The van der Waals surface area contributed by atoms with Crippen LogP contribution in [0.25, 0.3) is 0 Å². The lowest BCUT2D eigenvalue weighted by Gasteiger charge is -2.49. The van der Waals surface area contributed by atoms with Crippen LogP contribution in [0, 0.1) is 10.8 Å². The minimum Gasteiger partial charge on any atom is -0.390 e. The highest BCUT2D eigenvalue weighted by atomic mass is 16.3. The van der Waals surface area contributed by atoms with Crippen LogP contribution >= 0.6 is 0 Å². The fourth-order valence-electron chi connectivity index (χ4n) is 4.66. The number of aliphatic hydroxyl groups is 1. The van der Waals surface area contributed by atoms with Crippen molar-refractivity contribution in [1.82, 2.24) is 0 Å². The van der Waals surface area contributed by atoms with E-state index in [-0.39, 0.29) is 10.8 Å². The zero-order valence-electron chi connectivity index (χ0n) is 13.8. The van der Waals surface area contributed by atoms with Crippen LogP contribution in [-0.2, 0) is 12.8 Å². The van der Waals surface area contributed by atoms with Gasteiger partial charge in [0, 0.05) is 6.42 Å². The van der Waals surface area contributed by atoms with Crippen molar-refractivity contribution >= 4 is 0 Å². The standard InChI is InChI=1S/C19H30O/c1-6-15-7-9-16(10-8-15)11-19(20)13-17(2,3)12-18(4,5)14-19/h7-10,20H,6,11-14H2,1-5H3. The first kappa shape index (κ1) is 15.6. The Morgan fingerprint density at radius 2 is 1.30 bits per heavy atom. The van der Waals surface area contributed by atoms with Gasteiger partial charge in [-0.25, -0.2) is 0 Å². The first-order chi connectivity index (χ1) is 9.13. The normalized spacial score (nSPS) is 23.5. The summed E-state index contributed by atoms with van der Waals surface area (Å²) in [6.07, 6.45) is 4.85. The van der Waals surface area contributed by atoms with E-state index in [2.05, 4.69) is 58.9 Å². The van der Waals surface area contributed by atoms with Crippen LogP contribution in [0.15, 0.2) is 24.3 Å². The van der Waals surface area contributed by atoms with Crippen LogP contribution < -0.4 is 0 Å². The van der Waals surface area contributed by atoms with Gasteiger partial charge in [0.05, 0.1) is 5.60 Å². The highest BCUT2D eigenvalue weighted by Gasteiger charge is 2.46. The Kier molecular flexibility index (Phi) is 4.03. The average molecular weight is 274 g/mol. The molecular weight excluding hydrogens is 244 g/mol. The molecule has 0 heterocycles. The molecule has 1 fully saturated rings. The molecule has 0 bridgehead atoms. The van der Waals surface area contributed by atoms with Crippen molar-refractivity contribution in [3.05, 3.63) is 35.4 Å². The van der Waals surface area contributed by atoms with Gasteiger partial charge in [-0.3, -0.25) is 0 Å². The number of hydrogen-bond acceptors (Lipinski definition) is 1. The Labute approximate surface area is 124 Å². The predicted molar refractivity (Wildman–Crippen MR) is 85.9 cm³/mol. The summed E-state index contributed by atoms with van der Waals surface area (Å²) in [4.78, 5) is 0. The molecule has 1 aliphatic carbocycles. The third kappa shape index (κ3) is 3.85. The summed E-state index contributed by atoms with van der Waals surface area (Å²) >= 11 is 0. The largest absolute Gasteiger partial charge is 0.390 e. The summed E-state index contributed by atoms with van der Waals surface area (Å²) in [6, 6.07) is 8.76. The Morgan fingerprint density at radius 1 is 0.850 bits per heavy atom. The Bertz CT molecular complexity index is 437. The lowest BCUT2D eigenvalue weighted by molar-refractivity contribution is -0.0850. The molecule has 0 unspecified atom stereocenters. The van der Waals surface area contributed by atoms with Crippen molar-refractivity contribution < 1.29 is 5.11 Å². The molecule has 0 spiro atoms. The number of aryl methyl sites for hydroxylation is 1. The molecule has 1 N–H and O–H groups in total. The van der Waals surface area contributed by atoms with Crippen LogP contribution in [0.4, 0.5) is 0 Å². The monoisotopic (exact) mass is 274 g/mol. The van der Waals surface area contributed by atoms with Crippen molar-refractivity contribution in [1.29, 1.82) is 0 Å². The molecule has 2 rings (SSSR count). The van der Waals surface area contributed by atoms with Gasteiger partial charge in [0.25, 0.3) is 0 Å². The molecule has 1 aliphatic rings. The van der Waals surface area contributed by atoms with Crippen LogP contribution in [0.2, 0.25) is 0 Å². The summed E-state index contributed by atoms with van der Waals surface area (Å²) in [5, 5.41) is 11.1. The SMILES string of the molecule is CCc1ccc(CC2(O)CC(C)(C)CC(C)(C)C2)cc1. The van der Waals surface area contributed by atoms with Gasteiger partial charge in [-0.15, -0.1) is 0 Å². The Hall–Kier alpha value is -0.820.